The number of hydrogen-bond acceptors (Lipinski definition) is 3. The predicted octanol–water partition coefficient (Wildman–Crippen LogP) is 3.07. The average molecular weight is 284 g/mol. The Morgan fingerprint density at radius 1 is 1.15 bits per heavy atom. The van der Waals surface area contributed by atoms with E-state index < -0.39 is 0 Å². The summed E-state index contributed by atoms with van der Waals surface area (Å²) >= 11 is 6.09. The third kappa shape index (κ3) is 2.40. The van der Waals surface area contributed by atoms with Gasteiger partial charge in [-0.3, -0.25) is 14.6 Å². The summed E-state index contributed by atoms with van der Waals surface area (Å²) in [6.07, 6.45) is 6.00. The van der Waals surface area contributed by atoms with Gasteiger partial charge in [-0.2, -0.15) is 0 Å². The van der Waals surface area contributed by atoms with Crippen LogP contribution in [0.2, 0.25) is 5.02 Å². The molecule has 0 N–H and O–H groups in total. The topological polar surface area (TPSA) is 47.0 Å². The molecule has 0 saturated heterocycles. The minimum atomic E-state index is -0.168. The van der Waals surface area contributed by atoms with Crippen LogP contribution in [-0.2, 0) is 16.0 Å². The van der Waals surface area contributed by atoms with Gasteiger partial charge in [-0.15, -0.1) is 0 Å². The third-order valence-electron chi connectivity index (χ3n) is 3.16. The van der Waals surface area contributed by atoms with Crippen LogP contribution in [0, 0.1) is 0 Å². The van der Waals surface area contributed by atoms with Gasteiger partial charge in [-0.05, 0) is 42.0 Å². The molecule has 0 unspecified atom stereocenters. The van der Waals surface area contributed by atoms with Crippen molar-refractivity contribution in [2.75, 3.05) is 0 Å². The van der Waals surface area contributed by atoms with Crippen molar-refractivity contribution in [3.05, 3.63) is 64.8 Å². The lowest BCUT2D eigenvalue weighted by Crippen LogP contribution is -2.10. The van der Waals surface area contributed by atoms with Gasteiger partial charge in [0.2, 0.25) is 0 Å². The van der Waals surface area contributed by atoms with Gasteiger partial charge >= 0.3 is 0 Å². The lowest BCUT2D eigenvalue weighted by Gasteiger charge is -2.10. The summed E-state index contributed by atoms with van der Waals surface area (Å²) in [5.41, 5.74) is 2.11. The molecule has 4 heteroatoms. The first kappa shape index (κ1) is 12.8. The van der Waals surface area contributed by atoms with Crippen molar-refractivity contribution in [3.63, 3.8) is 0 Å². The predicted molar refractivity (Wildman–Crippen MR) is 77.7 cm³/mol. The van der Waals surface area contributed by atoms with E-state index in [0.29, 0.717) is 17.0 Å². The Hall–Kier alpha value is -2.26. The average Bonchev–Trinajstić information content (AvgIpc) is 2.43. The number of ketones is 2. The fraction of sp³-hybridized carbons (Fsp3) is 0.0625. The molecule has 2 aromatic rings. The van der Waals surface area contributed by atoms with Crippen LogP contribution in [0.4, 0.5) is 0 Å². The Balaban J connectivity index is 2.07. The van der Waals surface area contributed by atoms with Gasteiger partial charge in [0.25, 0.3) is 0 Å². The van der Waals surface area contributed by atoms with Gasteiger partial charge in [-0.1, -0.05) is 17.7 Å². The first-order valence-corrected chi connectivity index (χ1v) is 6.51. The van der Waals surface area contributed by atoms with E-state index in [0.717, 1.165) is 16.5 Å². The fourth-order valence-electron chi connectivity index (χ4n) is 2.26. The SMILES string of the molecule is O=C1C=CC(=O)C(Cc2cc(Cl)cc3cccnc23)=C1. The van der Waals surface area contributed by atoms with E-state index >= 15 is 0 Å². The van der Waals surface area contributed by atoms with Crippen LogP contribution in [0.25, 0.3) is 10.9 Å². The number of carbonyl (C=O) groups is 2. The zero-order valence-corrected chi connectivity index (χ0v) is 11.2. The highest BCUT2D eigenvalue weighted by Gasteiger charge is 2.15. The molecule has 0 spiro atoms. The molecule has 20 heavy (non-hydrogen) atoms. The molecule has 1 aliphatic carbocycles. The molecule has 0 saturated carbocycles. The maximum atomic E-state index is 11.8. The number of nitrogens with zero attached hydrogens (tertiary/aromatic N) is 1. The quantitative estimate of drug-likeness (QED) is 0.796. The first-order valence-electron chi connectivity index (χ1n) is 6.13. The summed E-state index contributed by atoms with van der Waals surface area (Å²) in [4.78, 5) is 27.5. The lowest BCUT2D eigenvalue weighted by atomic mass is 9.95. The highest BCUT2D eigenvalue weighted by atomic mass is 35.5. The van der Waals surface area contributed by atoms with E-state index in [9.17, 15) is 9.59 Å². The second-order valence-corrected chi connectivity index (χ2v) is 5.02. The first-order chi connectivity index (χ1) is 9.63. The second kappa shape index (κ2) is 5.02. The van der Waals surface area contributed by atoms with Crippen LogP contribution in [0.5, 0.6) is 0 Å². The summed E-state index contributed by atoms with van der Waals surface area (Å²) in [7, 11) is 0. The molecule has 0 atom stereocenters. The molecular formula is C16H10ClNO2. The van der Waals surface area contributed by atoms with Crippen molar-refractivity contribution in [2.24, 2.45) is 0 Å². The van der Waals surface area contributed by atoms with E-state index in [1.165, 1.54) is 18.2 Å². The van der Waals surface area contributed by atoms with E-state index in [-0.39, 0.29) is 11.6 Å². The standard InChI is InChI=1S/C16H10ClNO2/c17-13-7-10-2-1-5-18-16(10)12(8-13)6-11-9-14(19)3-4-15(11)20/h1-5,7-9H,6H2. The molecular weight excluding hydrogens is 274 g/mol. The molecule has 98 valence electrons. The summed E-state index contributed by atoms with van der Waals surface area (Å²) in [5.74, 6) is -0.312. The monoisotopic (exact) mass is 283 g/mol. The van der Waals surface area contributed by atoms with Gasteiger partial charge in [0.1, 0.15) is 0 Å². The Labute approximate surface area is 120 Å². The molecule has 0 bridgehead atoms. The van der Waals surface area contributed by atoms with Gasteiger partial charge < -0.3 is 0 Å². The van der Waals surface area contributed by atoms with E-state index in [1.54, 1.807) is 12.3 Å². The molecule has 1 aliphatic rings. The maximum absolute atomic E-state index is 11.8. The maximum Gasteiger partial charge on any atom is 0.182 e. The lowest BCUT2D eigenvalue weighted by molar-refractivity contribution is -0.114. The summed E-state index contributed by atoms with van der Waals surface area (Å²) in [5, 5.41) is 1.51. The van der Waals surface area contributed by atoms with Crippen LogP contribution in [0.15, 0.2) is 54.3 Å². The molecule has 3 rings (SSSR count). The van der Waals surface area contributed by atoms with Crippen LogP contribution in [0.3, 0.4) is 0 Å². The molecule has 3 nitrogen and oxygen atoms in total. The van der Waals surface area contributed by atoms with Crippen LogP contribution < -0.4 is 0 Å². The highest BCUT2D eigenvalue weighted by molar-refractivity contribution is 6.31. The molecule has 1 aromatic heterocycles. The van der Waals surface area contributed by atoms with Crippen molar-refractivity contribution in [2.45, 2.75) is 6.42 Å². The van der Waals surface area contributed by atoms with Gasteiger partial charge in [0.15, 0.2) is 11.6 Å². The molecule has 1 aromatic carbocycles. The molecule has 1 heterocycles. The number of benzene rings is 1. The minimum absolute atomic E-state index is 0.145. The normalized spacial score (nSPS) is 14.8. The molecule has 0 radical (unpaired) electrons. The number of allylic oxidation sites excluding steroid dienone is 4. The third-order valence-corrected chi connectivity index (χ3v) is 3.38. The molecule has 0 amide bonds. The van der Waals surface area contributed by atoms with Crippen molar-refractivity contribution < 1.29 is 9.59 Å². The zero-order valence-electron chi connectivity index (χ0n) is 10.5. The minimum Gasteiger partial charge on any atom is -0.290 e. The van der Waals surface area contributed by atoms with E-state index in [4.69, 9.17) is 11.6 Å². The van der Waals surface area contributed by atoms with Gasteiger partial charge in [-0.25, -0.2) is 0 Å². The van der Waals surface area contributed by atoms with Crippen LogP contribution in [-0.4, -0.2) is 16.6 Å². The smallest absolute Gasteiger partial charge is 0.182 e. The van der Waals surface area contributed by atoms with Gasteiger partial charge in [0, 0.05) is 28.6 Å². The summed E-state index contributed by atoms with van der Waals surface area (Å²) in [6.45, 7) is 0. The number of pyridine rings is 1. The molecule has 0 aliphatic heterocycles. The summed E-state index contributed by atoms with van der Waals surface area (Å²) in [6, 6.07) is 7.36. The number of rotatable bonds is 2. The Bertz CT molecular complexity index is 790. The van der Waals surface area contributed by atoms with E-state index in [2.05, 4.69) is 4.98 Å². The number of carbonyl (C=O) groups excluding carboxylic acids is 2. The summed E-state index contributed by atoms with van der Waals surface area (Å²) < 4.78 is 0. The van der Waals surface area contributed by atoms with Crippen LogP contribution in [0.1, 0.15) is 5.56 Å². The van der Waals surface area contributed by atoms with Crippen molar-refractivity contribution in [1.29, 1.82) is 0 Å². The highest BCUT2D eigenvalue weighted by Crippen LogP contribution is 2.25. The fourth-order valence-corrected chi connectivity index (χ4v) is 2.51. The molecule has 0 fully saturated rings. The second-order valence-electron chi connectivity index (χ2n) is 4.59. The number of halogens is 1. The van der Waals surface area contributed by atoms with Gasteiger partial charge in [0.05, 0.1) is 5.52 Å². The Kier molecular flexibility index (Phi) is 3.20. The Morgan fingerprint density at radius 2 is 2.00 bits per heavy atom. The Morgan fingerprint density at radius 3 is 2.85 bits per heavy atom. The number of hydrogen-bond donors (Lipinski definition) is 0. The van der Waals surface area contributed by atoms with Crippen molar-refractivity contribution in [3.8, 4) is 0 Å². The van der Waals surface area contributed by atoms with Crippen molar-refractivity contribution >= 4 is 34.1 Å². The number of aromatic nitrogens is 1. The van der Waals surface area contributed by atoms with E-state index in [1.807, 2.05) is 18.2 Å². The largest absolute Gasteiger partial charge is 0.290 e. The number of fused-ring (bicyclic) bond motifs is 1. The van der Waals surface area contributed by atoms with Crippen molar-refractivity contribution in [1.82, 2.24) is 4.98 Å². The zero-order chi connectivity index (χ0) is 14.1. The van der Waals surface area contributed by atoms with Crippen LogP contribution >= 0.6 is 11.6 Å².